The van der Waals surface area contributed by atoms with Gasteiger partial charge in [-0.2, -0.15) is 13.7 Å². The first kappa shape index (κ1) is 23.0. The molecule has 0 aliphatic heterocycles. The fourth-order valence-corrected chi connectivity index (χ4v) is 3.36. The smallest absolute Gasteiger partial charge is 0.294 e. The van der Waals surface area contributed by atoms with E-state index in [0.717, 1.165) is 17.7 Å². The molecule has 0 saturated carbocycles. The van der Waals surface area contributed by atoms with Crippen molar-refractivity contribution in [1.82, 2.24) is 5.32 Å². The average Bonchev–Trinajstić information content (AvgIpc) is 2.67. The SMILES string of the molecule is N#C/C(=C/NCCc1ccc(S(N)(=O)=O)cc1)C(=O)Nc1cccc(S(=O)(=O)O)c1. The van der Waals surface area contributed by atoms with Gasteiger partial charge in [-0.1, -0.05) is 18.2 Å². The summed E-state index contributed by atoms with van der Waals surface area (Å²) < 4.78 is 53.8. The quantitative estimate of drug-likeness (QED) is 0.197. The number of benzene rings is 2. The second kappa shape index (κ2) is 9.51. The van der Waals surface area contributed by atoms with Gasteiger partial charge >= 0.3 is 0 Å². The van der Waals surface area contributed by atoms with Gasteiger partial charge in [-0.25, -0.2) is 13.6 Å². The van der Waals surface area contributed by atoms with Crippen molar-refractivity contribution in [2.75, 3.05) is 11.9 Å². The van der Waals surface area contributed by atoms with Gasteiger partial charge in [-0.3, -0.25) is 9.35 Å². The maximum atomic E-state index is 12.2. The third kappa shape index (κ3) is 6.68. The van der Waals surface area contributed by atoms with Gasteiger partial charge in [0.1, 0.15) is 11.6 Å². The molecule has 1 amide bonds. The lowest BCUT2D eigenvalue weighted by Crippen LogP contribution is -2.18. The highest BCUT2D eigenvalue weighted by atomic mass is 32.2. The third-order valence-electron chi connectivity index (χ3n) is 3.81. The van der Waals surface area contributed by atoms with Crippen LogP contribution in [0.4, 0.5) is 5.69 Å². The van der Waals surface area contributed by atoms with Crippen LogP contribution in [0.5, 0.6) is 0 Å². The molecule has 158 valence electrons. The molecule has 2 rings (SSSR count). The first-order valence-corrected chi connectivity index (χ1v) is 11.3. The fraction of sp³-hybridized carbons (Fsp3) is 0.111. The summed E-state index contributed by atoms with van der Waals surface area (Å²) in [4.78, 5) is 11.8. The van der Waals surface area contributed by atoms with Crippen LogP contribution in [0.3, 0.4) is 0 Å². The molecule has 0 bridgehead atoms. The third-order valence-corrected chi connectivity index (χ3v) is 5.59. The Morgan fingerprint density at radius 1 is 1.10 bits per heavy atom. The molecule has 0 aliphatic carbocycles. The number of rotatable bonds is 8. The van der Waals surface area contributed by atoms with Gasteiger partial charge in [0.25, 0.3) is 16.0 Å². The summed E-state index contributed by atoms with van der Waals surface area (Å²) in [5, 5.41) is 19.4. The predicted octanol–water partition coefficient (Wildman–Crippen LogP) is 0.759. The minimum atomic E-state index is -4.43. The zero-order valence-corrected chi connectivity index (χ0v) is 17.1. The van der Waals surface area contributed by atoms with E-state index in [0.29, 0.717) is 13.0 Å². The molecule has 0 saturated heterocycles. The Kier molecular flexibility index (Phi) is 7.30. The summed E-state index contributed by atoms with van der Waals surface area (Å²) in [5.74, 6) is -0.769. The summed E-state index contributed by atoms with van der Waals surface area (Å²) in [6, 6.07) is 12.6. The number of anilines is 1. The Balaban J connectivity index is 1.96. The van der Waals surface area contributed by atoms with Crippen molar-refractivity contribution in [2.45, 2.75) is 16.2 Å². The van der Waals surface area contributed by atoms with Crippen LogP contribution in [0, 0.1) is 11.3 Å². The molecule has 0 unspecified atom stereocenters. The van der Waals surface area contributed by atoms with Gasteiger partial charge in [0, 0.05) is 18.4 Å². The van der Waals surface area contributed by atoms with Crippen molar-refractivity contribution >= 4 is 31.7 Å². The number of hydrogen-bond acceptors (Lipinski definition) is 7. The van der Waals surface area contributed by atoms with Crippen molar-refractivity contribution in [3.05, 3.63) is 65.9 Å². The van der Waals surface area contributed by atoms with Crippen LogP contribution in [-0.2, 0) is 31.4 Å². The lowest BCUT2D eigenvalue weighted by molar-refractivity contribution is -0.112. The molecule has 0 heterocycles. The number of nitriles is 1. The predicted molar refractivity (Wildman–Crippen MR) is 108 cm³/mol. The highest BCUT2D eigenvalue weighted by molar-refractivity contribution is 7.89. The van der Waals surface area contributed by atoms with E-state index in [1.54, 1.807) is 18.2 Å². The van der Waals surface area contributed by atoms with Gasteiger partial charge in [-0.05, 0) is 42.3 Å². The van der Waals surface area contributed by atoms with Crippen LogP contribution >= 0.6 is 0 Å². The van der Waals surface area contributed by atoms with Gasteiger partial charge in [0.2, 0.25) is 10.0 Å². The molecule has 0 aromatic heterocycles. The second-order valence-corrected chi connectivity index (χ2v) is 9.00. The summed E-state index contributed by atoms with van der Waals surface area (Å²) in [6.45, 7) is 0.353. The fourth-order valence-electron chi connectivity index (χ4n) is 2.32. The Labute approximate surface area is 173 Å². The lowest BCUT2D eigenvalue weighted by Gasteiger charge is -2.07. The number of sulfonamides is 1. The highest BCUT2D eigenvalue weighted by Crippen LogP contribution is 2.15. The Morgan fingerprint density at radius 3 is 2.33 bits per heavy atom. The molecule has 12 heteroatoms. The van der Waals surface area contributed by atoms with Crippen LogP contribution in [0.2, 0.25) is 0 Å². The number of nitrogens with zero attached hydrogens (tertiary/aromatic N) is 1. The normalized spacial score (nSPS) is 12.1. The lowest BCUT2D eigenvalue weighted by atomic mass is 10.1. The molecule has 10 nitrogen and oxygen atoms in total. The molecule has 0 aliphatic rings. The zero-order valence-electron chi connectivity index (χ0n) is 15.4. The number of hydrogen-bond donors (Lipinski definition) is 4. The molecule has 0 spiro atoms. The summed E-state index contributed by atoms with van der Waals surface area (Å²) in [7, 11) is -8.18. The average molecular weight is 450 g/mol. The van der Waals surface area contributed by atoms with E-state index in [4.69, 9.17) is 15.0 Å². The maximum Gasteiger partial charge on any atom is 0.294 e. The Bertz CT molecular complexity index is 1210. The van der Waals surface area contributed by atoms with Crippen LogP contribution in [0.25, 0.3) is 0 Å². The molecule has 2 aromatic carbocycles. The van der Waals surface area contributed by atoms with Gasteiger partial charge in [-0.15, -0.1) is 0 Å². The summed E-state index contributed by atoms with van der Waals surface area (Å²) in [6.07, 6.45) is 1.69. The van der Waals surface area contributed by atoms with E-state index < -0.39 is 30.9 Å². The number of primary sulfonamides is 1. The maximum absolute atomic E-state index is 12.2. The first-order valence-electron chi connectivity index (χ1n) is 8.35. The standard InChI is InChI=1S/C18H18N4O6S2/c19-11-14(18(23)22-15-2-1-3-17(10-15)30(26,27)28)12-21-9-8-13-4-6-16(7-5-13)29(20,24)25/h1-7,10,12,21H,8-9H2,(H,22,23)(H2,20,24,25)(H,26,27,28)/b14-12-. The van der Waals surface area contributed by atoms with Gasteiger partial charge < -0.3 is 10.6 Å². The largest absolute Gasteiger partial charge is 0.389 e. The van der Waals surface area contributed by atoms with Gasteiger partial charge in [0.15, 0.2) is 0 Å². The Morgan fingerprint density at radius 2 is 1.77 bits per heavy atom. The number of carbonyl (C=O) groups excluding carboxylic acids is 1. The molecule has 2 aromatic rings. The summed E-state index contributed by atoms with van der Waals surface area (Å²) >= 11 is 0. The van der Waals surface area contributed by atoms with E-state index in [9.17, 15) is 21.6 Å². The first-order chi connectivity index (χ1) is 14.0. The topological polar surface area (TPSA) is 179 Å². The minimum Gasteiger partial charge on any atom is -0.389 e. The second-order valence-electron chi connectivity index (χ2n) is 6.02. The van der Waals surface area contributed by atoms with Crippen molar-refractivity contribution in [3.8, 4) is 6.07 Å². The molecular formula is C18H18N4O6S2. The van der Waals surface area contributed by atoms with E-state index in [2.05, 4.69) is 10.6 Å². The van der Waals surface area contributed by atoms with E-state index >= 15 is 0 Å². The monoisotopic (exact) mass is 450 g/mol. The van der Waals surface area contributed by atoms with Crippen LogP contribution in [-0.4, -0.2) is 33.8 Å². The minimum absolute atomic E-state index is 0.000565. The summed E-state index contributed by atoms with van der Waals surface area (Å²) in [5.41, 5.74) is 0.649. The number of nitrogens with two attached hydrogens (primary N) is 1. The number of nitrogens with one attached hydrogen (secondary N) is 2. The van der Waals surface area contributed by atoms with Gasteiger partial charge in [0.05, 0.1) is 9.79 Å². The van der Waals surface area contributed by atoms with Crippen molar-refractivity contribution in [1.29, 1.82) is 5.26 Å². The van der Waals surface area contributed by atoms with Crippen LogP contribution < -0.4 is 15.8 Å². The number of amides is 1. The highest BCUT2D eigenvalue weighted by Gasteiger charge is 2.13. The molecule has 0 atom stereocenters. The van der Waals surface area contributed by atoms with Crippen LogP contribution in [0.1, 0.15) is 5.56 Å². The zero-order chi connectivity index (χ0) is 22.4. The van der Waals surface area contributed by atoms with Crippen molar-refractivity contribution in [3.63, 3.8) is 0 Å². The van der Waals surface area contributed by atoms with E-state index in [1.165, 1.54) is 30.5 Å². The van der Waals surface area contributed by atoms with E-state index in [-0.39, 0.29) is 16.2 Å². The molecule has 0 fully saturated rings. The molecule has 0 radical (unpaired) electrons. The van der Waals surface area contributed by atoms with E-state index in [1.807, 2.05) is 0 Å². The molecule has 5 N–H and O–H groups in total. The van der Waals surface area contributed by atoms with Crippen molar-refractivity contribution < 1.29 is 26.2 Å². The number of carbonyl (C=O) groups is 1. The Hall–Kier alpha value is -3.24. The van der Waals surface area contributed by atoms with Crippen LogP contribution in [0.15, 0.2) is 70.1 Å². The molecular weight excluding hydrogens is 432 g/mol. The molecule has 30 heavy (non-hydrogen) atoms. The van der Waals surface area contributed by atoms with Crippen molar-refractivity contribution in [2.24, 2.45) is 5.14 Å².